The third-order valence-corrected chi connectivity index (χ3v) is 38.0. The summed E-state index contributed by atoms with van der Waals surface area (Å²) >= 11 is 0. The second-order valence-corrected chi connectivity index (χ2v) is 47.4. The van der Waals surface area contributed by atoms with Crippen LogP contribution in [0.4, 0.5) is 0 Å². The molecule has 0 N–H and O–H groups in total. The molecule has 0 aliphatic carbocycles. The summed E-state index contributed by atoms with van der Waals surface area (Å²) in [5, 5.41) is 17.9. The molecule has 141 heavy (non-hydrogen) atoms. The molecule has 0 saturated carbocycles. The van der Waals surface area contributed by atoms with Crippen molar-refractivity contribution in [2.24, 2.45) is 35.2 Å². The molecule has 12 aromatic carbocycles. The van der Waals surface area contributed by atoms with E-state index in [-0.39, 0.29) is 43.3 Å². The number of fused-ring (bicyclic) bond motifs is 15. The minimum atomic E-state index is -2.21. The molecule has 0 amide bonds. The Labute approximate surface area is 844 Å². The van der Waals surface area contributed by atoms with Crippen molar-refractivity contribution < 1.29 is 35.2 Å². The molecule has 5 aliphatic rings. The van der Waals surface area contributed by atoms with Crippen LogP contribution in [0.5, 0.6) is 0 Å². The second kappa shape index (κ2) is 29.7. The van der Waals surface area contributed by atoms with Crippen molar-refractivity contribution >= 4 is 137 Å². The largest absolute Gasteiger partial charge is 0.295 e. The molecule has 0 radical (unpaired) electrons. The van der Waals surface area contributed by atoms with Gasteiger partial charge in [-0.05, 0) is 112 Å². The van der Waals surface area contributed by atoms with Crippen molar-refractivity contribution in [3.05, 3.63) is 343 Å². The normalized spacial score (nSPS) is 19.0. The SMILES string of the molecule is Cc1ccc2c3c1c1cccc(C)c1c1n3c(c(-c3ccccc3)[n+]1C)C(C)(C)C2(C)C.Cc1ccc2c3c1c1cccc(C)c1c1n3c(c[n+]1C)C(C)(C)C2(C)C.[2H]C([2H])([2H])C1(C)c2c[n+](C)c3c4c(C)cccc4c4cccc(c4n23)C1(C)C.[2H]C([2H])([2H])c1ccc2c3c1c1cccc(C)c1c1n3c(c(-c3ccccc3)[n+]1C)C(C)(C)C2(C)C.[2H]C([2H])([2H])c1ccc2c3c1c1cccc(C)c1c1n3c(c[n+]1C)C(C)(C)C2(C)C. The van der Waals surface area contributed by atoms with E-state index in [1.807, 2.05) is 44.4 Å². The molecule has 1 unspecified atom stereocenters. The molecule has 22 aromatic rings. The van der Waals surface area contributed by atoms with Crippen molar-refractivity contribution in [2.75, 3.05) is 0 Å². The Hall–Kier alpha value is -13.3. The Balaban J connectivity index is 0.000000103. The highest BCUT2D eigenvalue weighted by atomic mass is 15.2. The predicted molar refractivity (Wildman–Crippen MR) is 592 cm³/mol. The molecule has 0 saturated heterocycles. The van der Waals surface area contributed by atoms with Gasteiger partial charge in [0.25, 0.3) is 28.2 Å². The standard InChI is InChI=1S/2C30H31N2.2C24H27N2.C23H25N2/c2*1-18-12-11-15-21-23-19(2)16-17-22-26(23)32-27(30(5,6)29(22,3)4)25(20-13-9-8-10-14-20)31(7)28(32)24(18)21;2*1-14-9-8-10-16-19-15(2)11-12-17-21(19)26-18(24(5,6)23(17,3)4)13-25(7)22(26)20(14)16;1-14-9-7-10-15-16-11-8-12-17-20(16)25-18(23(4,5)22(17,2)3)13-24(6)21(25)19(14)15/h2*8-17H,1-7H3;2*8-13H,1-7H3;7-13H,1-6H3/q5*+1/i2D3;;2D3;;4D3. The summed E-state index contributed by atoms with van der Waals surface area (Å²) in [5.74, 6) is 0. The summed E-state index contributed by atoms with van der Waals surface area (Å²) in [7, 11) is 10.7. The number of nitrogens with zero attached hydrogens (tertiary/aromatic N) is 10. The zero-order chi connectivity index (χ0) is 108. The fourth-order valence-electron chi connectivity index (χ4n) is 27.0. The summed E-state index contributed by atoms with van der Waals surface area (Å²) in [4.78, 5) is 0. The molecule has 10 heteroatoms. The number of aromatic nitrogens is 10. The van der Waals surface area contributed by atoms with E-state index < -0.39 is 31.4 Å². The van der Waals surface area contributed by atoms with Crippen LogP contribution >= 0.6 is 0 Å². The molecule has 0 bridgehead atoms. The first-order valence-corrected chi connectivity index (χ1v) is 50.7. The van der Waals surface area contributed by atoms with Gasteiger partial charge in [-0.2, -0.15) is 22.0 Å². The van der Waals surface area contributed by atoms with Crippen molar-refractivity contribution in [1.29, 1.82) is 0 Å². The predicted octanol–water partition coefficient (Wildman–Crippen LogP) is 29.3. The number of para-hydroxylation sites is 1. The highest BCUT2D eigenvalue weighted by molar-refractivity contribution is 6.20. The van der Waals surface area contributed by atoms with E-state index >= 15 is 0 Å². The van der Waals surface area contributed by atoms with Crippen LogP contribution in [-0.2, 0) is 89.4 Å². The maximum Gasteiger partial charge on any atom is 0.295 e. The number of pyridine rings is 5. The van der Waals surface area contributed by atoms with E-state index in [1.165, 1.54) is 166 Å². The molecule has 1 atom stereocenters. The zero-order valence-electron chi connectivity index (χ0n) is 97.5. The minimum absolute atomic E-state index is 0.0196. The Bertz CT molecular complexity index is 9770. The topological polar surface area (TPSA) is 41.4 Å². The molecular formula is C131H141N10+5. The smallest absolute Gasteiger partial charge is 0.232 e. The highest BCUT2D eigenvalue weighted by Gasteiger charge is 2.58. The van der Waals surface area contributed by atoms with Gasteiger partial charge in [-0.15, -0.1) is 0 Å². The highest BCUT2D eigenvalue weighted by Crippen LogP contribution is 2.60. The first-order chi connectivity index (χ1) is 70.1. The van der Waals surface area contributed by atoms with Gasteiger partial charge in [0.1, 0.15) is 46.2 Å². The second-order valence-electron chi connectivity index (χ2n) is 47.4. The average Bonchev–Trinajstić information content (AvgIpc) is 1.41. The van der Waals surface area contributed by atoms with Crippen LogP contribution in [0.3, 0.4) is 0 Å². The zero-order valence-corrected chi connectivity index (χ0v) is 88.5. The maximum atomic E-state index is 8.50. The fraction of sp³-hybridized carbons (Fsp3) is 0.336. The first kappa shape index (κ1) is 81.4. The third kappa shape index (κ3) is 11.4. The van der Waals surface area contributed by atoms with E-state index in [1.54, 1.807) is 0 Å². The molecular weight excluding hydrogens is 1710 g/mol. The number of imidazole rings is 5. The van der Waals surface area contributed by atoms with E-state index in [9.17, 15) is 0 Å². The fourth-order valence-corrected chi connectivity index (χ4v) is 27.0. The number of hydrogen-bond donors (Lipinski definition) is 0. The van der Waals surface area contributed by atoms with E-state index in [0.717, 1.165) is 88.2 Å². The summed E-state index contributed by atoms with van der Waals surface area (Å²) in [5.41, 5.74) is 36.9. The van der Waals surface area contributed by atoms with Gasteiger partial charge >= 0.3 is 0 Å². The monoisotopic (exact) mass is 1860 g/mol. The summed E-state index contributed by atoms with van der Waals surface area (Å²) in [6.45, 7) is 52.6. The molecule has 15 heterocycles. The Morgan fingerprint density at radius 3 is 0.809 bits per heavy atom. The number of rotatable bonds is 2. The molecule has 710 valence electrons. The lowest BCUT2D eigenvalue weighted by Crippen LogP contribution is -2.44. The van der Waals surface area contributed by atoms with Crippen LogP contribution < -0.4 is 22.8 Å². The van der Waals surface area contributed by atoms with Crippen LogP contribution in [0.15, 0.2) is 237 Å². The van der Waals surface area contributed by atoms with Crippen LogP contribution in [0, 0.1) is 62.2 Å². The van der Waals surface area contributed by atoms with Gasteiger partial charge in [0, 0.05) is 159 Å². The van der Waals surface area contributed by atoms with Gasteiger partial charge in [-0.1, -0.05) is 357 Å². The van der Waals surface area contributed by atoms with Gasteiger partial charge in [-0.3, -0.25) is 0 Å². The van der Waals surface area contributed by atoms with Crippen molar-refractivity contribution in [3.8, 4) is 22.5 Å². The minimum Gasteiger partial charge on any atom is -0.232 e. The van der Waals surface area contributed by atoms with Gasteiger partial charge in [0.05, 0.1) is 62.2 Å². The molecule has 10 nitrogen and oxygen atoms in total. The molecule has 0 fully saturated rings. The maximum absolute atomic E-state index is 8.50. The number of aryl methyl sites for hydroxylation is 14. The number of hydrogen-bond acceptors (Lipinski definition) is 0. The van der Waals surface area contributed by atoms with Gasteiger partial charge < -0.3 is 0 Å². The quantitative estimate of drug-likeness (QED) is 0.122. The van der Waals surface area contributed by atoms with Crippen molar-refractivity contribution in [1.82, 2.24) is 22.0 Å². The molecule has 0 spiro atoms. The Morgan fingerprint density at radius 2 is 0.468 bits per heavy atom. The average molecular weight is 1860 g/mol. The van der Waals surface area contributed by atoms with Crippen LogP contribution in [0.2, 0.25) is 0 Å². The lowest BCUT2D eigenvalue weighted by molar-refractivity contribution is -0.644. The molecule has 10 aromatic heterocycles. The Kier molecular flexibility index (Phi) is 17.1. The van der Waals surface area contributed by atoms with Gasteiger partial charge in [-0.25, -0.2) is 22.8 Å². The van der Waals surface area contributed by atoms with Crippen LogP contribution in [0.25, 0.3) is 159 Å². The van der Waals surface area contributed by atoms with Crippen molar-refractivity contribution in [2.45, 2.75) is 255 Å². The van der Waals surface area contributed by atoms with Crippen molar-refractivity contribution in [3.63, 3.8) is 0 Å². The summed E-state index contributed by atoms with van der Waals surface area (Å²) in [6, 6.07) is 77.5. The van der Waals surface area contributed by atoms with E-state index in [0.29, 0.717) is 11.1 Å². The first-order valence-electron chi connectivity index (χ1n) is 55.2. The summed E-state index contributed by atoms with van der Waals surface area (Å²) in [6.07, 6.45) is 6.62. The third-order valence-electron chi connectivity index (χ3n) is 38.0. The number of benzene rings is 12. The molecule has 27 rings (SSSR count). The van der Waals surface area contributed by atoms with E-state index in [4.69, 9.17) is 12.3 Å². The van der Waals surface area contributed by atoms with Gasteiger partial charge in [0.2, 0.25) is 0 Å². The van der Waals surface area contributed by atoms with Crippen LogP contribution in [-0.4, -0.2) is 22.0 Å². The molecule has 5 aliphatic heterocycles. The summed E-state index contributed by atoms with van der Waals surface area (Å²) < 4.78 is 99.0. The lowest BCUT2D eigenvalue weighted by Gasteiger charge is -2.43. The van der Waals surface area contributed by atoms with E-state index in [2.05, 4.69) is 453 Å². The van der Waals surface area contributed by atoms with Crippen LogP contribution in [0.1, 0.15) is 257 Å². The van der Waals surface area contributed by atoms with Gasteiger partial charge in [0.15, 0.2) is 39.9 Å². The lowest BCUT2D eigenvalue weighted by atomic mass is 9.60. The Morgan fingerprint density at radius 1 is 0.213 bits per heavy atom.